The monoisotopic (exact) mass is 410 g/mol. The first-order valence-corrected chi connectivity index (χ1v) is 10.8. The highest BCUT2D eigenvalue weighted by Crippen LogP contribution is 2.17. The molecule has 30 heavy (non-hydrogen) atoms. The fraction of sp³-hybridized carbons (Fsp3) is 0.455. The van der Waals surface area contributed by atoms with Crippen LogP contribution in [0.5, 0.6) is 0 Å². The minimum atomic E-state index is -0.185. The van der Waals surface area contributed by atoms with E-state index in [1.165, 1.54) is 9.30 Å². The predicted octanol–water partition coefficient (Wildman–Crippen LogP) is -0.122. The number of pyridine rings is 2. The van der Waals surface area contributed by atoms with Crippen LogP contribution in [0.3, 0.4) is 0 Å². The van der Waals surface area contributed by atoms with Crippen LogP contribution in [0.15, 0.2) is 35.3 Å². The molecule has 0 spiro atoms. The second-order valence-corrected chi connectivity index (χ2v) is 7.93. The topological polar surface area (TPSA) is 89.0 Å². The number of nitrogen functional groups attached to an aromatic ring is 1. The van der Waals surface area contributed by atoms with Gasteiger partial charge < -0.3 is 15.5 Å². The van der Waals surface area contributed by atoms with Gasteiger partial charge in [0.25, 0.3) is 17.1 Å². The zero-order valence-corrected chi connectivity index (χ0v) is 17.7. The fourth-order valence-corrected chi connectivity index (χ4v) is 4.16. The molecule has 1 fully saturated rings. The van der Waals surface area contributed by atoms with Gasteiger partial charge in [-0.2, -0.15) is 0 Å². The number of piperazine rings is 1. The first-order chi connectivity index (χ1) is 14.5. The van der Waals surface area contributed by atoms with E-state index in [-0.39, 0.29) is 11.5 Å². The summed E-state index contributed by atoms with van der Waals surface area (Å²) >= 11 is 0. The molecular weight excluding hydrogens is 380 g/mol. The number of quaternary nitrogens is 1. The molecule has 158 valence electrons. The number of nitrogens with one attached hydrogen (secondary N) is 1. The van der Waals surface area contributed by atoms with Crippen molar-refractivity contribution >= 4 is 28.4 Å². The number of carbonyl (C=O) groups is 1. The van der Waals surface area contributed by atoms with Crippen molar-refractivity contribution in [3.8, 4) is 0 Å². The molecule has 0 saturated carbocycles. The molecule has 3 aromatic rings. The standard InChI is InChI=1S/C22H28N6O2/c1-3-5-9-28-19(23)16(21(29)26-13-11-25(4-2)12-14-26)15-17-20(28)24-18-8-6-7-10-27(18)22(17)30/h6-8,10,15,23H,3-5,9,11-14H2,1-2H3/p+2. The maximum atomic E-state index is 13.4. The first kappa shape index (κ1) is 20.3. The van der Waals surface area contributed by atoms with E-state index in [0.717, 1.165) is 32.5 Å². The molecule has 0 aliphatic carbocycles. The van der Waals surface area contributed by atoms with Crippen LogP contribution >= 0.6 is 0 Å². The van der Waals surface area contributed by atoms with Gasteiger partial charge in [-0.15, -0.1) is 0 Å². The van der Waals surface area contributed by atoms with Crippen molar-refractivity contribution in [1.29, 1.82) is 0 Å². The van der Waals surface area contributed by atoms with Crippen molar-refractivity contribution in [2.45, 2.75) is 33.2 Å². The number of fused-ring (bicyclic) bond motifs is 2. The molecular formula is C22H30N6O2+2. The van der Waals surface area contributed by atoms with E-state index in [9.17, 15) is 9.59 Å². The Morgan fingerprint density at radius 2 is 2.03 bits per heavy atom. The molecule has 1 aliphatic heterocycles. The van der Waals surface area contributed by atoms with Gasteiger partial charge in [-0.05, 0) is 31.5 Å². The molecule has 1 saturated heterocycles. The summed E-state index contributed by atoms with van der Waals surface area (Å²) in [6.45, 7) is 9.19. The number of anilines is 1. The number of rotatable bonds is 5. The maximum Gasteiger partial charge on any atom is 0.278 e. The number of carbonyl (C=O) groups excluding carboxylic acids is 1. The molecule has 1 aliphatic rings. The molecule has 0 bridgehead atoms. The first-order valence-electron chi connectivity index (χ1n) is 10.8. The third-order valence-corrected chi connectivity index (χ3v) is 6.08. The van der Waals surface area contributed by atoms with Gasteiger partial charge in [-0.3, -0.25) is 14.0 Å². The van der Waals surface area contributed by atoms with Gasteiger partial charge >= 0.3 is 0 Å². The van der Waals surface area contributed by atoms with E-state index in [2.05, 4.69) is 13.8 Å². The van der Waals surface area contributed by atoms with Gasteiger partial charge in [0.05, 0.1) is 39.3 Å². The lowest BCUT2D eigenvalue weighted by Gasteiger charge is -2.31. The van der Waals surface area contributed by atoms with Crippen LogP contribution in [0.4, 0.5) is 5.82 Å². The van der Waals surface area contributed by atoms with E-state index in [1.807, 2.05) is 15.5 Å². The van der Waals surface area contributed by atoms with Gasteiger partial charge in [0.15, 0.2) is 0 Å². The van der Waals surface area contributed by atoms with Crippen molar-refractivity contribution in [3.05, 3.63) is 46.4 Å². The van der Waals surface area contributed by atoms with Crippen LogP contribution in [-0.2, 0) is 6.54 Å². The molecule has 3 N–H and O–H groups in total. The Morgan fingerprint density at radius 1 is 1.27 bits per heavy atom. The largest absolute Gasteiger partial charge is 0.332 e. The van der Waals surface area contributed by atoms with Crippen molar-refractivity contribution in [2.75, 3.05) is 38.5 Å². The molecule has 0 aromatic carbocycles. The van der Waals surface area contributed by atoms with Gasteiger partial charge in [-0.1, -0.05) is 24.4 Å². The summed E-state index contributed by atoms with van der Waals surface area (Å²) in [4.78, 5) is 34.6. The van der Waals surface area contributed by atoms with E-state index in [4.69, 9.17) is 10.7 Å². The summed E-state index contributed by atoms with van der Waals surface area (Å²) in [6, 6.07) is 7.09. The second kappa shape index (κ2) is 8.39. The van der Waals surface area contributed by atoms with E-state index in [0.29, 0.717) is 47.7 Å². The number of hydrogen-bond acceptors (Lipinski definition) is 4. The number of likely N-dealkylation sites (N-methyl/N-ethyl adjacent to an activating group) is 1. The Bertz CT molecular complexity index is 1150. The highest BCUT2D eigenvalue weighted by Gasteiger charge is 2.29. The summed E-state index contributed by atoms with van der Waals surface area (Å²) in [5.74, 6) is 0.283. The number of unbranched alkanes of at least 4 members (excludes halogenated alkanes) is 1. The lowest BCUT2D eigenvalue weighted by Crippen LogP contribution is -3.14. The Labute approximate surface area is 175 Å². The molecule has 8 heteroatoms. The fourth-order valence-electron chi connectivity index (χ4n) is 4.16. The van der Waals surface area contributed by atoms with Crippen molar-refractivity contribution in [1.82, 2.24) is 14.3 Å². The zero-order valence-electron chi connectivity index (χ0n) is 17.7. The number of nitrogens with two attached hydrogens (primary N) is 1. The molecule has 4 heterocycles. The predicted molar refractivity (Wildman–Crippen MR) is 116 cm³/mol. The highest BCUT2D eigenvalue weighted by molar-refractivity contribution is 6.00. The van der Waals surface area contributed by atoms with Crippen molar-refractivity contribution in [3.63, 3.8) is 0 Å². The molecule has 0 radical (unpaired) electrons. The Morgan fingerprint density at radius 3 is 2.73 bits per heavy atom. The van der Waals surface area contributed by atoms with E-state index in [1.54, 1.807) is 24.4 Å². The Kier molecular flexibility index (Phi) is 5.67. The van der Waals surface area contributed by atoms with Crippen LogP contribution in [0.2, 0.25) is 0 Å². The number of hydrogen-bond donors (Lipinski definition) is 2. The van der Waals surface area contributed by atoms with Crippen LogP contribution in [-0.4, -0.2) is 52.9 Å². The quantitative estimate of drug-likeness (QED) is 0.453. The average Bonchev–Trinajstić information content (AvgIpc) is 2.78. The van der Waals surface area contributed by atoms with Crippen molar-refractivity contribution < 1.29 is 14.3 Å². The smallest absolute Gasteiger partial charge is 0.278 e. The zero-order chi connectivity index (χ0) is 21.3. The molecule has 8 nitrogen and oxygen atoms in total. The lowest BCUT2D eigenvalue weighted by atomic mass is 10.1. The third kappa shape index (κ3) is 3.52. The Hall–Kier alpha value is -3.00. The molecule has 0 unspecified atom stereocenters. The van der Waals surface area contributed by atoms with Crippen LogP contribution in [0.25, 0.3) is 16.7 Å². The molecule has 1 amide bonds. The van der Waals surface area contributed by atoms with Gasteiger partial charge in [-0.25, -0.2) is 4.57 Å². The summed E-state index contributed by atoms with van der Waals surface area (Å²) in [7, 11) is 0. The van der Waals surface area contributed by atoms with Gasteiger partial charge in [0.1, 0.15) is 10.9 Å². The third-order valence-electron chi connectivity index (χ3n) is 6.08. The average molecular weight is 411 g/mol. The number of aromatic nitrogens is 3. The van der Waals surface area contributed by atoms with E-state index < -0.39 is 0 Å². The summed E-state index contributed by atoms with van der Waals surface area (Å²) in [6.07, 6.45) is 3.56. The van der Waals surface area contributed by atoms with Gasteiger partial charge in [0.2, 0.25) is 11.5 Å². The number of aryl methyl sites for hydroxylation is 1. The van der Waals surface area contributed by atoms with Crippen LogP contribution < -0.4 is 20.8 Å². The second-order valence-electron chi connectivity index (χ2n) is 7.93. The molecule has 0 atom stereocenters. The molecule has 3 aromatic heterocycles. The SMILES string of the molecule is CCCC[n+]1c(N)c(C(=O)N2CC[NH+](CC)CC2)cc2c(=O)n3ccccc3nc21. The summed E-state index contributed by atoms with van der Waals surface area (Å²) < 4.78 is 3.36. The maximum absolute atomic E-state index is 13.4. The lowest BCUT2D eigenvalue weighted by molar-refractivity contribution is -0.902. The summed E-state index contributed by atoms with van der Waals surface area (Å²) in [5, 5.41) is 0.421. The van der Waals surface area contributed by atoms with Crippen LogP contribution in [0, 0.1) is 0 Å². The minimum Gasteiger partial charge on any atom is -0.332 e. The number of amides is 1. The number of nitrogens with zero attached hydrogens (tertiary/aromatic N) is 4. The normalized spacial score (nSPS) is 15.2. The highest BCUT2D eigenvalue weighted by atomic mass is 16.2. The van der Waals surface area contributed by atoms with Crippen molar-refractivity contribution in [2.24, 2.45) is 0 Å². The van der Waals surface area contributed by atoms with Crippen LogP contribution in [0.1, 0.15) is 37.0 Å². The Balaban J connectivity index is 1.86. The molecule has 4 rings (SSSR count). The summed E-state index contributed by atoms with van der Waals surface area (Å²) in [5.41, 5.74) is 7.82. The minimum absolute atomic E-state index is 0.104. The van der Waals surface area contributed by atoms with Gasteiger partial charge in [0, 0.05) is 6.20 Å². The van der Waals surface area contributed by atoms with E-state index >= 15 is 0 Å².